The van der Waals surface area contributed by atoms with E-state index in [1.165, 1.54) is 0 Å². The van der Waals surface area contributed by atoms with Gasteiger partial charge >= 0.3 is 6.03 Å². The Balaban J connectivity index is 1.82. The lowest BCUT2D eigenvalue weighted by Gasteiger charge is -2.04. The minimum Gasteiger partial charge on any atom is -0.354 e. The number of hydrazone groups is 1. The summed E-state index contributed by atoms with van der Waals surface area (Å²) in [6, 6.07) is 27.3. The van der Waals surface area contributed by atoms with Crippen molar-refractivity contribution >= 4 is 28.7 Å². The molecule has 0 spiro atoms. The molecule has 0 bridgehead atoms. The number of hydrogen-bond acceptors (Lipinski definition) is 2. The fourth-order valence-corrected chi connectivity index (χ4v) is 3.25. The SMILES string of the molecule is NC(=O)N/N=C(/C=C\c1c(-c2ccccc2)[nH]c2ccccc12)c1ccccc1. The van der Waals surface area contributed by atoms with Gasteiger partial charge in [0.15, 0.2) is 0 Å². The molecule has 5 heteroatoms. The van der Waals surface area contributed by atoms with Gasteiger partial charge in [-0.05, 0) is 23.8 Å². The summed E-state index contributed by atoms with van der Waals surface area (Å²) >= 11 is 0. The predicted octanol–water partition coefficient (Wildman–Crippen LogP) is 4.92. The maximum Gasteiger partial charge on any atom is 0.332 e. The number of benzene rings is 3. The molecule has 29 heavy (non-hydrogen) atoms. The minimum absolute atomic E-state index is 0.605. The lowest BCUT2D eigenvalue weighted by Crippen LogP contribution is -2.25. The van der Waals surface area contributed by atoms with Crippen molar-refractivity contribution in [3.05, 3.63) is 102 Å². The molecule has 0 saturated heterocycles. The number of allylic oxidation sites excluding steroid dienone is 1. The molecule has 4 N–H and O–H groups in total. The van der Waals surface area contributed by atoms with Gasteiger partial charge in [-0.2, -0.15) is 5.10 Å². The van der Waals surface area contributed by atoms with Crippen LogP contribution in [-0.2, 0) is 0 Å². The van der Waals surface area contributed by atoms with Crippen molar-refractivity contribution in [1.82, 2.24) is 10.4 Å². The maximum absolute atomic E-state index is 11.2. The number of nitrogens with two attached hydrogens (primary N) is 1. The number of aromatic nitrogens is 1. The summed E-state index contributed by atoms with van der Waals surface area (Å²) in [5, 5.41) is 5.28. The summed E-state index contributed by atoms with van der Waals surface area (Å²) in [4.78, 5) is 14.7. The summed E-state index contributed by atoms with van der Waals surface area (Å²) in [6.45, 7) is 0. The van der Waals surface area contributed by atoms with Gasteiger partial charge < -0.3 is 10.7 Å². The zero-order valence-corrected chi connectivity index (χ0v) is 15.7. The lowest BCUT2D eigenvalue weighted by atomic mass is 10.0. The van der Waals surface area contributed by atoms with Crippen LogP contribution in [0.4, 0.5) is 4.79 Å². The van der Waals surface area contributed by atoms with Gasteiger partial charge in [0, 0.05) is 22.0 Å². The van der Waals surface area contributed by atoms with Gasteiger partial charge in [-0.1, -0.05) is 78.9 Å². The van der Waals surface area contributed by atoms with E-state index in [2.05, 4.69) is 39.8 Å². The molecule has 0 aliphatic rings. The number of amides is 2. The van der Waals surface area contributed by atoms with Crippen molar-refractivity contribution < 1.29 is 4.79 Å². The van der Waals surface area contributed by atoms with Gasteiger partial charge in [-0.25, -0.2) is 10.2 Å². The Morgan fingerprint density at radius 2 is 1.55 bits per heavy atom. The van der Waals surface area contributed by atoms with E-state index in [4.69, 9.17) is 5.73 Å². The standard InChI is InChI=1S/C24H20N4O/c25-24(29)28-27-21(17-9-3-1-4-10-17)16-15-20-19-13-7-8-14-22(19)26-23(20)18-11-5-2-6-12-18/h1-16,26H,(H3,25,28,29)/b16-15-,27-21-. The zero-order chi connectivity index (χ0) is 20.1. The summed E-state index contributed by atoms with van der Waals surface area (Å²) in [7, 11) is 0. The molecule has 0 unspecified atom stereocenters. The number of aromatic amines is 1. The number of rotatable bonds is 5. The molecule has 4 rings (SSSR count). The van der Waals surface area contributed by atoms with E-state index in [0.717, 1.165) is 33.3 Å². The van der Waals surface area contributed by atoms with Gasteiger partial charge in [0.25, 0.3) is 0 Å². The quantitative estimate of drug-likeness (QED) is 0.333. The predicted molar refractivity (Wildman–Crippen MR) is 118 cm³/mol. The van der Waals surface area contributed by atoms with Gasteiger partial charge in [-0.3, -0.25) is 0 Å². The molecule has 0 aliphatic carbocycles. The van der Waals surface area contributed by atoms with Gasteiger partial charge in [0.2, 0.25) is 0 Å². The normalized spacial score (nSPS) is 11.8. The van der Waals surface area contributed by atoms with Crippen LogP contribution in [0.1, 0.15) is 11.1 Å². The van der Waals surface area contributed by atoms with Crippen molar-refractivity contribution in [1.29, 1.82) is 0 Å². The fraction of sp³-hybridized carbons (Fsp3) is 0. The monoisotopic (exact) mass is 380 g/mol. The van der Waals surface area contributed by atoms with Crippen LogP contribution in [0, 0.1) is 0 Å². The Bertz CT molecular complexity index is 1190. The van der Waals surface area contributed by atoms with E-state index in [0.29, 0.717) is 5.71 Å². The molecule has 0 saturated carbocycles. The average molecular weight is 380 g/mol. The summed E-state index contributed by atoms with van der Waals surface area (Å²) < 4.78 is 0. The number of carbonyl (C=O) groups is 1. The third-order valence-electron chi connectivity index (χ3n) is 4.57. The second kappa shape index (κ2) is 8.27. The molecule has 1 aromatic heterocycles. The molecule has 0 atom stereocenters. The van der Waals surface area contributed by atoms with E-state index in [1.807, 2.05) is 72.8 Å². The number of hydrogen-bond donors (Lipinski definition) is 3. The van der Waals surface area contributed by atoms with E-state index < -0.39 is 6.03 Å². The molecule has 142 valence electrons. The Labute approximate surface area is 168 Å². The molecule has 0 aliphatic heterocycles. The van der Waals surface area contributed by atoms with Crippen molar-refractivity contribution in [3.63, 3.8) is 0 Å². The molecular weight excluding hydrogens is 360 g/mol. The molecule has 1 heterocycles. The third-order valence-corrected chi connectivity index (χ3v) is 4.57. The Morgan fingerprint density at radius 3 is 2.28 bits per heavy atom. The Hall–Kier alpha value is -4.12. The van der Waals surface area contributed by atoms with Crippen LogP contribution in [0.2, 0.25) is 0 Å². The lowest BCUT2D eigenvalue weighted by molar-refractivity contribution is 0.249. The first-order chi connectivity index (χ1) is 14.2. The van der Waals surface area contributed by atoms with Gasteiger partial charge in [0.05, 0.1) is 11.4 Å². The van der Waals surface area contributed by atoms with Crippen molar-refractivity contribution in [3.8, 4) is 11.3 Å². The maximum atomic E-state index is 11.2. The molecular formula is C24H20N4O. The van der Waals surface area contributed by atoms with Gasteiger partial charge in [-0.15, -0.1) is 0 Å². The number of carbonyl (C=O) groups excluding carboxylic acids is 1. The van der Waals surface area contributed by atoms with Crippen LogP contribution in [0.5, 0.6) is 0 Å². The number of para-hydroxylation sites is 1. The van der Waals surface area contributed by atoms with E-state index in [-0.39, 0.29) is 0 Å². The highest BCUT2D eigenvalue weighted by Crippen LogP contribution is 2.31. The van der Waals surface area contributed by atoms with Crippen molar-refractivity contribution in [2.45, 2.75) is 0 Å². The summed E-state index contributed by atoms with van der Waals surface area (Å²) in [5.74, 6) is 0. The van der Waals surface area contributed by atoms with Crippen LogP contribution < -0.4 is 11.2 Å². The smallest absolute Gasteiger partial charge is 0.332 e. The van der Waals surface area contributed by atoms with Crippen LogP contribution in [0.15, 0.2) is 96.1 Å². The highest BCUT2D eigenvalue weighted by molar-refractivity contribution is 6.12. The van der Waals surface area contributed by atoms with Crippen LogP contribution in [-0.4, -0.2) is 16.7 Å². The van der Waals surface area contributed by atoms with E-state index in [1.54, 1.807) is 0 Å². The second-order valence-electron chi connectivity index (χ2n) is 6.50. The summed E-state index contributed by atoms with van der Waals surface area (Å²) in [6.07, 6.45) is 3.89. The topological polar surface area (TPSA) is 83.3 Å². The van der Waals surface area contributed by atoms with Crippen molar-refractivity contribution in [2.75, 3.05) is 0 Å². The van der Waals surface area contributed by atoms with Crippen LogP contribution in [0.25, 0.3) is 28.2 Å². The Morgan fingerprint density at radius 1 is 0.897 bits per heavy atom. The average Bonchev–Trinajstić information content (AvgIpc) is 3.13. The number of urea groups is 1. The van der Waals surface area contributed by atoms with Gasteiger partial charge in [0.1, 0.15) is 0 Å². The largest absolute Gasteiger partial charge is 0.354 e. The molecule has 0 fully saturated rings. The number of nitrogens with one attached hydrogen (secondary N) is 2. The van der Waals surface area contributed by atoms with Crippen molar-refractivity contribution in [2.24, 2.45) is 10.8 Å². The second-order valence-corrected chi connectivity index (χ2v) is 6.50. The number of nitrogens with zero attached hydrogens (tertiary/aromatic N) is 1. The first kappa shape index (κ1) is 18.3. The third kappa shape index (κ3) is 4.09. The highest BCUT2D eigenvalue weighted by Gasteiger charge is 2.11. The molecule has 0 radical (unpaired) electrons. The van der Waals surface area contributed by atoms with Crippen LogP contribution in [0.3, 0.4) is 0 Å². The first-order valence-corrected chi connectivity index (χ1v) is 9.25. The molecule has 2 amide bonds. The number of primary amides is 1. The zero-order valence-electron chi connectivity index (χ0n) is 15.7. The minimum atomic E-state index is -0.705. The first-order valence-electron chi connectivity index (χ1n) is 9.25. The molecule has 3 aromatic carbocycles. The number of fused-ring (bicyclic) bond motifs is 1. The fourth-order valence-electron chi connectivity index (χ4n) is 3.25. The Kier molecular flexibility index (Phi) is 5.21. The molecule has 5 nitrogen and oxygen atoms in total. The van der Waals surface area contributed by atoms with Crippen LogP contribution >= 0.6 is 0 Å². The van der Waals surface area contributed by atoms with E-state index in [9.17, 15) is 4.79 Å². The highest BCUT2D eigenvalue weighted by atomic mass is 16.2. The number of H-pyrrole nitrogens is 1. The molecule has 4 aromatic rings. The summed E-state index contributed by atoms with van der Waals surface area (Å²) in [5.41, 5.74) is 13.2. The van der Waals surface area contributed by atoms with E-state index >= 15 is 0 Å².